The van der Waals surface area contributed by atoms with Crippen molar-refractivity contribution in [1.82, 2.24) is 0 Å². The Morgan fingerprint density at radius 3 is 2.40 bits per heavy atom. The normalized spacial score (nSPS) is 11.0. The van der Waals surface area contributed by atoms with E-state index in [9.17, 15) is 17.6 Å². The maximum absolute atomic E-state index is 12.8. The molecule has 0 aliphatic carbocycles. The number of azide groups is 1. The molecule has 1 aromatic rings. The largest absolute Gasteiger partial charge is 0.417 e. The lowest BCUT2D eigenvalue weighted by molar-refractivity contribution is -0.137. The van der Waals surface area contributed by atoms with Gasteiger partial charge in [-0.25, -0.2) is 4.39 Å². The van der Waals surface area contributed by atoms with E-state index in [2.05, 4.69) is 10.0 Å². The van der Waals surface area contributed by atoms with Crippen LogP contribution in [0.5, 0.6) is 0 Å². The molecule has 0 bridgehead atoms. The van der Waals surface area contributed by atoms with E-state index in [0.717, 1.165) is 13.0 Å². The summed E-state index contributed by atoms with van der Waals surface area (Å²) in [5.41, 5.74) is 5.89. The van der Waals surface area contributed by atoms with Crippen LogP contribution in [0, 0.1) is 12.7 Å². The maximum Gasteiger partial charge on any atom is 0.417 e. The molecule has 0 atom stereocenters. The molecule has 0 aromatic heterocycles. The molecular formula is C8H5F4N3. The van der Waals surface area contributed by atoms with Crippen molar-refractivity contribution in [3.05, 3.63) is 39.5 Å². The van der Waals surface area contributed by atoms with Crippen molar-refractivity contribution < 1.29 is 17.6 Å². The van der Waals surface area contributed by atoms with Gasteiger partial charge in [0.05, 0.1) is 11.3 Å². The van der Waals surface area contributed by atoms with Gasteiger partial charge in [0, 0.05) is 4.91 Å². The van der Waals surface area contributed by atoms with Crippen LogP contribution in [-0.2, 0) is 6.18 Å². The second-order valence-corrected chi connectivity index (χ2v) is 2.80. The molecule has 0 saturated heterocycles. The molecule has 0 unspecified atom stereocenters. The van der Waals surface area contributed by atoms with E-state index in [1.807, 2.05) is 0 Å². The van der Waals surface area contributed by atoms with E-state index in [0.29, 0.717) is 6.07 Å². The minimum Gasteiger partial charge on any atom is -0.207 e. The predicted octanol–water partition coefficient (Wildman–Crippen LogP) is 4.09. The summed E-state index contributed by atoms with van der Waals surface area (Å²) in [4.78, 5) is 2.22. The average molecular weight is 219 g/mol. The van der Waals surface area contributed by atoms with E-state index < -0.39 is 23.2 Å². The third kappa shape index (κ3) is 2.38. The first-order valence-corrected chi connectivity index (χ1v) is 3.78. The summed E-state index contributed by atoms with van der Waals surface area (Å²) >= 11 is 0. The van der Waals surface area contributed by atoms with Crippen LogP contribution in [0.2, 0.25) is 0 Å². The molecule has 0 N–H and O–H groups in total. The highest BCUT2D eigenvalue weighted by Gasteiger charge is 2.35. The number of hydrogen-bond acceptors (Lipinski definition) is 1. The number of rotatable bonds is 1. The molecule has 1 aromatic carbocycles. The van der Waals surface area contributed by atoms with Gasteiger partial charge in [-0.3, -0.25) is 0 Å². The third-order valence-electron chi connectivity index (χ3n) is 1.72. The number of halogens is 4. The van der Waals surface area contributed by atoms with Crippen molar-refractivity contribution in [2.24, 2.45) is 5.11 Å². The first kappa shape index (κ1) is 11.3. The Balaban J connectivity index is 3.54. The van der Waals surface area contributed by atoms with Gasteiger partial charge in [0.25, 0.3) is 0 Å². The SMILES string of the molecule is Cc1cc(F)cc(N=[N+]=[N-])c1C(F)(F)F. The van der Waals surface area contributed by atoms with Crippen molar-refractivity contribution in [3.8, 4) is 0 Å². The van der Waals surface area contributed by atoms with Crippen LogP contribution < -0.4 is 0 Å². The number of hydrogen-bond donors (Lipinski definition) is 0. The summed E-state index contributed by atoms with van der Waals surface area (Å²) in [5.74, 6) is -0.872. The predicted molar refractivity (Wildman–Crippen MR) is 44.9 cm³/mol. The van der Waals surface area contributed by atoms with Gasteiger partial charge < -0.3 is 0 Å². The monoisotopic (exact) mass is 219 g/mol. The summed E-state index contributed by atoms with van der Waals surface area (Å²) in [6, 6.07) is 1.29. The van der Waals surface area contributed by atoms with E-state index in [-0.39, 0.29) is 5.56 Å². The minimum absolute atomic E-state index is 0.315. The van der Waals surface area contributed by atoms with Crippen LogP contribution in [0.3, 0.4) is 0 Å². The van der Waals surface area contributed by atoms with Gasteiger partial charge in [-0.05, 0) is 30.2 Å². The van der Waals surface area contributed by atoms with Gasteiger partial charge in [-0.1, -0.05) is 5.11 Å². The molecule has 1 rings (SSSR count). The van der Waals surface area contributed by atoms with Gasteiger partial charge in [0.2, 0.25) is 0 Å². The van der Waals surface area contributed by atoms with E-state index in [1.54, 1.807) is 0 Å². The average Bonchev–Trinajstić information content (AvgIpc) is 1.99. The van der Waals surface area contributed by atoms with E-state index in [4.69, 9.17) is 5.53 Å². The Hall–Kier alpha value is -1.75. The summed E-state index contributed by atoms with van der Waals surface area (Å²) < 4.78 is 50.1. The number of nitrogens with zero attached hydrogens (tertiary/aromatic N) is 3. The van der Waals surface area contributed by atoms with Crippen LogP contribution in [-0.4, -0.2) is 0 Å². The van der Waals surface area contributed by atoms with Crippen molar-refractivity contribution in [1.29, 1.82) is 0 Å². The fraction of sp³-hybridized carbons (Fsp3) is 0.250. The standard InChI is InChI=1S/C8H5F4N3/c1-4-2-5(9)3-6(14-15-13)7(4)8(10,11)12/h2-3H,1H3. The van der Waals surface area contributed by atoms with Crippen molar-refractivity contribution in [2.75, 3.05) is 0 Å². The number of alkyl halides is 3. The summed E-state index contributed by atoms with van der Waals surface area (Å²) in [6.45, 7) is 1.10. The Kier molecular flexibility index (Phi) is 2.85. The van der Waals surface area contributed by atoms with Crippen LogP contribution in [0.25, 0.3) is 10.4 Å². The fourth-order valence-corrected chi connectivity index (χ4v) is 1.22. The lowest BCUT2D eigenvalue weighted by Gasteiger charge is -2.12. The molecule has 0 amide bonds. The molecule has 0 spiro atoms. The van der Waals surface area contributed by atoms with Crippen molar-refractivity contribution in [3.63, 3.8) is 0 Å². The molecule has 0 aliphatic rings. The third-order valence-corrected chi connectivity index (χ3v) is 1.72. The summed E-state index contributed by atoms with van der Waals surface area (Å²) in [7, 11) is 0. The zero-order valence-corrected chi connectivity index (χ0v) is 7.51. The topological polar surface area (TPSA) is 48.8 Å². The first-order valence-electron chi connectivity index (χ1n) is 3.78. The molecular weight excluding hydrogens is 214 g/mol. The molecule has 0 heterocycles. The molecule has 80 valence electrons. The van der Waals surface area contributed by atoms with Gasteiger partial charge in [-0.15, -0.1) is 0 Å². The van der Waals surface area contributed by atoms with Crippen molar-refractivity contribution >= 4 is 5.69 Å². The summed E-state index contributed by atoms with van der Waals surface area (Å²) in [6.07, 6.45) is -4.67. The Bertz CT molecular complexity index is 432. The molecule has 0 radical (unpaired) electrons. The maximum atomic E-state index is 12.8. The molecule has 0 saturated carbocycles. The molecule has 7 heteroatoms. The Labute approximate surface area is 82.0 Å². The van der Waals surface area contributed by atoms with E-state index >= 15 is 0 Å². The first-order chi connectivity index (χ1) is 6.86. The van der Waals surface area contributed by atoms with Gasteiger partial charge >= 0.3 is 6.18 Å². The quantitative estimate of drug-likeness (QED) is 0.295. The van der Waals surface area contributed by atoms with Crippen LogP contribution >= 0.6 is 0 Å². The van der Waals surface area contributed by atoms with Crippen LogP contribution in [0.15, 0.2) is 17.2 Å². The van der Waals surface area contributed by atoms with Crippen LogP contribution in [0.4, 0.5) is 23.2 Å². The highest BCUT2D eigenvalue weighted by Crippen LogP contribution is 2.39. The smallest absolute Gasteiger partial charge is 0.207 e. The van der Waals surface area contributed by atoms with Crippen LogP contribution in [0.1, 0.15) is 11.1 Å². The number of benzene rings is 1. The van der Waals surface area contributed by atoms with Crippen molar-refractivity contribution in [2.45, 2.75) is 13.1 Å². The lowest BCUT2D eigenvalue weighted by atomic mass is 10.1. The fourth-order valence-electron chi connectivity index (χ4n) is 1.22. The van der Waals surface area contributed by atoms with Gasteiger partial charge in [0.1, 0.15) is 5.82 Å². The Morgan fingerprint density at radius 1 is 1.33 bits per heavy atom. The van der Waals surface area contributed by atoms with E-state index in [1.165, 1.54) is 0 Å². The summed E-state index contributed by atoms with van der Waals surface area (Å²) in [5, 5.41) is 2.82. The Morgan fingerprint density at radius 2 is 1.93 bits per heavy atom. The molecule has 0 aliphatic heterocycles. The highest BCUT2D eigenvalue weighted by atomic mass is 19.4. The van der Waals surface area contributed by atoms with Gasteiger partial charge in [0.15, 0.2) is 0 Å². The second kappa shape index (κ2) is 3.78. The lowest BCUT2D eigenvalue weighted by Crippen LogP contribution is -2.08. The molecule has 3 nitrogen and oxygen atoms in total. The highest BCUT2D eigenvalue weighted by molar-refractivity contribution is 5.52. The zero-order chi connectivity index (χ0) is 11.6. The van der Waals surface area contributed by atoms with Gasteiger partial charge in [-0.2, -0.15) is 13.2 Å². The zero-order valence-electron chi connectivity index (χ0n) is 7.51. The molecule has 15 heavy (non-hydrogen) atoms. The minimum atomic E-state index is -4.67. The number of aryl methyl sites for hydroxylation is 1. The molecule has 0 fully saturated rings. The second-order valence-electron chi connectivity index (χ2n) is 2.80.